The van der Waals surface area contributed by atoms with E-state index in [4.69, 9.17) is 10.9 Å². The standard InChI is InChI=1S/C12H17N3O3S/c1-12(2,11(13)14-16)7-8-19-10-5-3-9(4-6-10)15(17)18/h3-6,16H,7-8H2,1-2H3,(H2,13,14). The third-order valence-electron chi connectivity index (χ3n) is 2.84. The van der Waals surface area contributed by atoms with E-state index in [1.165, 1.54) is 12.1 Å². The lowest BCUT2D eigenvalue weighted by Crippen LogP contribution is -2.32. The number of benzene rings is 1. The Labute approximate surface area is 115 Å². The third kappa shape index (κ3) is 4.44. The van der Waals surface area contributed by atoms with Gasteiger partial charge in [-0.15, -0.1) is 11.8 Å². The highest BCUT2D eigenvalue weighted by Gasteiger charge is 2.23. The van der Waals surface area contributed by atoms with E-state index in [1.807, 2.05) is 13.8 Å². The van der Waals surface area contributed by atoms with Gasteiger partial charge >= 0.3 is 0 Å². The summed E-state index contributed by atoms with van der Waals surface area (Å²) in [6, 6.07) is 6.41. The zero-order valence-corrected chi connectivity index (χ0v) is 11.7. The molecule has 0 aliphatic carbocycles. The highest BCUT2D eigenvalue weighted by atomic mass is 32.2. The maximum absolute atomic E-state index is 10.5. The lowest BCUT2D eigenvalue weighted by Gasteiger charge is -2.22. The Morgan fingerprint density at radius 3 is 2.53 bits per heavy atom. The average molecular weight is 283 g/mol. The van der Waals surface area contributed by atoms with Crippen LogP contribution in [-0.2, 0) is 0 Å². The van der Waals surface area contributed by atoms with E-state index in [2.05, 4.69) is 5.16 Å². The number of nitro benzene ring substituents is 1. The summed E-state index contributed by atoms with van der Waals surface area (Å²) in [4.78, 5) is 11.1. The molecule has 0 bridgehead atoms. The monoisotopic (exact) mass is 283 g/mol. The quantitative estimate of drug-likeness (QED) is 0.209. The number of thioether (sulfide) groups is 1. The van der Waals surface area contributed by atoms with Gasteiger partial charge in [-0.3, -0.25) is 10.1 Å². The number of nitro groups is 1. The highest BCUT2D eigenvalue weighted by Crippen LogP contribution is 2.27. The van der Waals surface area contributed by atoms with Gasteiger partial charge in [0.25, 0.3) is 5.69 Å². The van der Waals surface area contributed by atoms with Crippen LogP contribution < -0.4 is 5.73 Å². The zero-order valence-electron chi connectivity index (χ0n) is 10.9. The minimum absolute atomic E-state index is 0.0846. The summed E-state index contributed by atoms with van der Waals surface area (Å²) in [7, 11) is 0. The third-order valence-corrected chi connectivity index (χ3v) is 3.86. The second-order valence-corrected chi connectivity index (χ2v) is 5.89. The second kappa shape index (κ2) is 6.42. The molecule has 1 aromatic rings. The van der Waals surface area contributed by atoms with Crippen molar-refractivity contribution in [2.75, 3.05) is 5.75 Å². The van der Waals surface area contributed by atoms with Crippen molar-refractivity contribution in [3.8, 4) is 0 Å². The van der Waals surface area contributed by atoms with Crippen LogP contribution in [0.5, 0.6) is 0 Å². The van der Waals surface area contributed by atoms with Gasteiger partial charge < -0.3 is 10.9 Å². The topological polar surface area (TPSA) is 102 Å². The number of non-ortho nitro benzene ring substituents is 1. The Hall–Kier alpha value is -1.76. The van der Waals surface area contributed by atoms with Crippen LogP contribution in [0.3, 0.4) is 0 Å². The number of nitrogens with zero attached hydrogens (tertiary/aromatic N) is 2. The largest absolute Gasteiger partial charge is 0.409 e. The predicted molar refractivity (Wildman–Crippen MR) is 75.6 cm³/mol. The van der Waals surface area contributed by atoms with Crippen molar-refractivity contribution in [1.82, 2.24) is 0 Å². The number of nitrogens with two attached hydrogens (primary N) is 1. The van der Waals surface area contributed by atoms with Gasteiger partial charge in [-0.2, -0.15) is 0 Å². The van der Waals surface area contributed by atoms with Crippen molar-refractivity contribution in [2.24, 2.45) is 16.3 Å². The number of hydrogen-bond acceptors (Lipinski definition) is 5. The molecule has 0 unspecified atom stereocenters. The van der Waals surface area contributed by atoms with E-state index in [-0.39, 0.29) is 16.9 Å². The Kier molecular flexibility index (Phi) is 5.17. The smallest absolute Gasteiger partial charge is 0.269 e. The number of rotatable bonds is 6. The molecule has 1 aromatic carbocycles. The van der Waals surface area contributed by atoms with Gasteiger partial charge in [0.2, 0.25) is 0 Å². The summed E-state index contributed by atoms with van der Waals surface area (Å²) >= 11 is 1.58. The van der Waals surface area contributed by atoms with Gasteiger partial charge in [0.1, 0.15) is 5.84 Å². The van der Waals surface area contributed by atoms with Crippen LogP contribution in [0.2, 0.25) is 0 Å². The fourth-order valence-corrected chi connectivity index (χ4v) is 2.53. The Balaban J connectivity index is 2.52. The van der Waals surface area contributed by atoms with E-state index >= 15 is 0 Å². The molecule has 0 spiro atoms. The van der Waals surface area contributed by atoms with Crippen molar-refractivity contribution < 1.29 is 10.1 Å². The molecule has 1 rings (SSSR count). The van der Waals surface area contributed by atoms with Gasteiger partial charge in [0, 0.05) is 22.4 Å². The van der Waals surface area contributed by atoms with Gasteiger partial charge in [-0.25, -0.2) is 0 Å². The molecule has 0 saturated carbocycles. The van der Waals surface area contributed by atoms with Crippen molar-refractivity contribution in [1.29, 1.82) is 0 Å². The Bertz CT molecular complexity index is 472. The Morgan fingerprint density at radius 2 is 2.05 bits per heavy atom. The molecule has 6 nitrogen and oxygen atoms in total. The van der Waals surface area contributed by atoms with Gasteiger partial charge in [-0.1, -0.05) is 19.0 Å². The molecular formula is C12H17N3O3S. The summed E-state index contributed by atoms with van der Waals surface area (Å²) in [5.41, 5.74) is 5.31. The average Bonchev–Trinajstić information content (AvgIpc) is 2.38. The van der Waals surface area contributed by atoms with Crippen LogP contribution in [0.25, 0.3) is 0 Å². The normalized spacial score (nSPS) is 12.4. The van der Waals surface area contributed by atoms with Crippen LogP contribution in [0.15, 0.2) is 34.3 Å². The molecule has 0 amide bonds. The summed E-state index contributed by atoms with van der Waals surface area (Å²) in [6.45, 7) is 3.80. The minimum atomic E-state index is -0.421. The van der Waals surface area contributed by atoms with Crippen molar-refractivity contribution in [2.45, 2.75) is 25.2 Å². The highest BCUT2D eigenvalue weighted by molar-refractivity contribution is 7.99. The lowest BCUT2D eigenvalue weighted by atomic mass is 9.89. The number of hydrogen-bond donors (Lipinski definition) is 2. The van der Waals surface area contributed by atoms with Crippen molar-refractivity contribution in [3.05, 3.63) is 34.4 Å². The molecule has 0 aliphatic rings. The van der Waals surface area contributed by atoms with Crippen molar-refractivity contribution in [3.63, 3.8) is 0 Å². The van der Waals surface area contributed by atoms with Crippen LogP contribution in [0.4, 0.5) is 5.69 Å². The summed E-state index contributed by atoms with van der Waals surface area (Å²) in [5.74, 6) is 0.984. The van der Waals surface area contributed by atoms with Crippen molar-refractivity contribution >= 4 is 23.3 Å². The van der Waals surface area contributed by atoms with Crippen LogP contribution in [0.1, 0.15) is 20.3 Å². The first-order chi connectivity index (χ1) is 8.86. The fraction of sp³-hybridized carbons (Fsp3) is 0.417. The lowest BCUT2D eigenvalue weighted by molar-refractivity contribution is -0.384. The molecule has 19 heavy (non-hydrogen) atoms. The zero-order chi connectivity index (χ0) is 14.5. The van der Waals surface area contributed by atoms with E-state index < -0.39 is 4.92 Å². The molecule has 0 heterocycles. The Morgan fingerprint density at radius 1 is 1.47 bits per heavy atom. The molecule has 0 atom stereocenters. The molecular weight excluding hydrogens is 266 g/mol. The van der Waals surface area contributed by atoms with Gasteiger partial charge in [0.15, 0.2) is 0 Å². The molecule has 0 aliphatic heterocycles. The molecule has 0 aromatic heterocycles. The van der Waals surface area contributed by atoms with Crippen LogP contribution >= 0.6 is 11.8 Å². The summed E-state index contributed by atoms with van der Waals surface area (Å²) in [6.07, 6.45) is 0.741. The predicted octanol–water partition coefficient (Wildman–Crippen LogP) is 2.85. The van der Waals surface area contributed by atoms with Gasteiger partial charge in [0.05, 0.1) is 4.92 Å². The van der Waals surface area contributed by atoms with E-state index in [0.717, 1.165) is 17.1 Å². The van der Waals surface area contributed by atoms with E-state index in [1.54, 1.807) is 23.9 Å². The van der Waals surface area contributed by atoms with Gasteiger partial charge in [-0.05, 0) is 24.3 Å². The maximum atomic E-state index is 10.5. The molecule has 7 heteroatoms. The molecule has 0 fully saturated rings. The first-order valence-corrected chi connectivity index (χ1v) is 6.70. The van der Waals surface area contributed by atoms with E-state index in [9.17, 15) is 10.1 Å². The fourth-order valence-electron chi connectivity index (χ4n) is 1.35. The van der Waals surface area contributed by atoms with Crippen LogP contribution in [0, 0.1) is 15.5 Å². The van der Waals surface area contributed by atoms with Crippen LogP contribution in [-0.4, -0.2) is 21.7 Å². The SMILES string of the molecule is CC(C)(CCSc1ccc([N+](=O)[O-])cc1)C(N)=NO. The first-order valence-electron chi connectivity index (χ1n) is 5.72. The number of amidine groups is 1. The summed E-state index contributed by atoms with van der Waals surface area (Å²) < 4.78 is 0. The molecule has 104 valence electrons. The molecule has 0 saturated heterocycles. The molecule has 0 radical (unpaired) electrons. The number of oxime groups is 1. The minimum Gasteiger partial charge on any atom is -0.409 e. The molecule has 3 N–H and O–H groups in total. The maximum Gasteiger partial charge on any atom is 0.269 e. The first kappa shape index (κ1) is 15.3. The summed E-state index contributed by atoms with van der Waals surface area (Å²) in [5, 5.41) is 22.2. The van der Waals surface area contributed by atoms with E-state index in [0.29, 0.717) is 0 Å². The second-order valence-electron chi connectivity index (χ2n) is 4.72.